The number of furan rings is 1. The zero-order chi connectivity index (χ0) is 13.5. The molecule has 0 aliphatic rings. The SMILES string of the molecule is Cc1ccc(CN(C)C(=O)CNCCC(=O)O)o1. The molecule has 0 aliphatic carbocycles. The monoisotopic (exact) mass is 254 g/mol. The number of carbonyl (C=O) groups is 2. The molecule has 1 amide bonds. The Morgan fingerprint density at radius 1 is 1.44 bits per heavy atom. The van der Waals surface area contributed by atoms with E-state index in [-0.39, 0.29) is 25.4 Å². The molecule has 6 nitrogen and oxygen atoms in total. The zero-order valence-electron chi connectivity index (χ0n) is 10.6. The fourth-order valence-electron chi connectivity index (χ4n) is 1.42. The molecule has 18 heavy (non-hydrogen) atoms. The van der Waals surface area contributed by atoms with Gasteiger partial charge < -0.3 is 19.7 Å². The largest absolute Gasteiger partial charge is 0.481 e. The van der Waals surface area contributed by atoms with Crippen molar-refractivity contribution in [2.75, 3.05) is 20.1 Å². The summed E-state index contributed by atoms with van der Waals surface area (Å²) in [6.07, 6.45) is 0.00831. The van der Waals surface area contributed by atoms with Gasteiger partial charge in [-0.2, -0.15) is 0 Å². The number of hydrogen-bond donors (Lipinski definition) is 2. The van der Waals surface area contributed by atoms with Gasteiger partial charge in [0.2, 0.25) is 5.91 Å². The molecule has 0 spiro atoms. The van der Waals surface area contributed by atoms with Crippen molar-refractivity contribution in [2.45, 2.75) is 19.9 Å². The quantitative estimate of drug-likeness (QED) is 0.697. The third-order valence-electron chi connectivity index (χ3n) is 2.41. The number of aliphatic carboxylic acids is 1. The molecule has 6 heteroatoms. The number of aryl methyl sites for hydroxylation is 1. The molecule has 1 aromatic heterocycles. The predicted octanol–water partition coefficient (Wildman–Crippen LogP) is 0.611. The number of hydrogen-bond acceptors (Lipinski definition) is 4. The Morgan fingerprint density at radius 3 is 2.72 bits per heavy atom. The predicted molar refractivity (Wildman–Crippen MR) is 65.0 cm³/mol. The lowest BCUT2D eigenvalue weighted by molar-refractivity contribution is -0.137. The van der Waals surface area contributed by atoms with Crippen molar-refractivity contribution in [3.63, 3.8) is 0 Å². The van der Waals surface area contributed by atoms with Gasteiger partial charge in [-0.25, -0.2) is 0 Å². The molecule has 0 radical (unpaired) electrons. The summed E-state index contributed by atoms with van der Waals surface area (Å²) in [6.45, 7) is 2.67. The van der Waals surface area contributed by atoms with E-state index in [0.717, 1.165) is 11.5 Å². The topological polar surface area (TPSA) is 82.8 Å². The lowest BCUT2D eigenvalue weighted by Gasteiger charge is -2.15. The van der Waals surface area contributed by atoms with Crippen LogP contribution in [-0.4, -0.2) is 42.0 Å². The number of carboxylic acids is 1. The van der Waals surface area contributed by atoms with Crippen molar-refractivity contribution in [2.24, 2.45) is 0 Å². The van der Waals surface area contributed by atoms with Crippen LogP contribution in [0, 0.1) is 6.92 Å². The van der Waals surface area contributed by atoms with Gasteiger partial charge in [-0.05, 0) is 19.1 Å². The summed E-state index contributed by atoms with van der Waals surface area (Å²) < 4.78 is 5.37. The van der Waals surface area contributed by atoms with Crippen molar-refractivity contribution >= 4 is 11.9 Å². The first-order chi connectivity index (χ1) is 8.49. The third kappa shape index (κ3) is 5.01. The van der Waals surface area contributed by atoms with E-state index in [1.165, 1.54) is 4.90 Å². The number of likely N-dealkylation sites (N-methyl/N-ethyl adjacent to an activating group) is 1. The Hall–Kier alpha value is -1.82. The first kappa shape index (κ1) is 14.2. The van der Waals surface area contributed by atoms with Crippen molar-refractivity contribution in [1.82, 2.24) is 10.2 Å². The molecule has 0 atom stereocenters. The number of rotatable bonds is 7. The molecular formula is C12H18N2O4. The first-order valence-corrected chi connectivity index (χ1v) is 5.71. The fourth-order valence-corrected chi connectivity index (χ4v) is 1.42. The molecule has 0 aromatic carbocycles. The maximum Gasteiger partial charge on any atom is 0.304 e. The number of carboxylic acid groups (broad SMARTS) is 1. The van der Waals surface area contributed by atoms with Crippen LogP contribution in [0.5, 0.6) is 0 Å². The highest BCUT2D eigenvalue weighted by molar-refractivity contribution is 5.78. The van der Waals surface area contributed by atoms with Crippen LogP contribution in [0.15, 0.2) is 16.5 Å². The van der Waals surface area contributed by atoms with E-state index in [1.54, 1.807) is 7.05 Å². The van der Waals surface area contributed by atoms with E-state index in [4.69, 9.17) is 9.52 Å². The molecule has 0 aliphatic heterocycles. The molecular weight excluding hydrogens is 236 g/mol. The number of amides is 1. The highest BCUT2D eigenvalue weighted by Crippen LogP contribution is 2.08. The van der Waals surface area contributed by atoms with E-state index >= 15 is 0 Å². The first-order valence-electron chi connectivity index (χ1n) is 5.71. The van der Waals surface area contributed by atoms with Gasteiger partial charge in [0.1, 0.15) is 11.5 Å². The summed E-state index contributed by atoms with van der Waals surface area (Å²) in [4.78, 5) is 23.5. The Kier molecular flexibility index (Phi) is 5.38. The molecule has 0 fully saturated rings. The van der Waals surface area contributed by atoms with Crippen molar-refractivity contribution in [3.8, 4) is 0 Å². The van der Waals surface area contributed by atoms with Crippen LogP contribution < -0.4 is 5.32 Å². The number of nitrogens with zero attached hydrogens (tertiary/aromatic N) is 1. The summed E-state index contributed by atoms with van der Waals surface area (Å²) in [5.41, 5.74) is 0. The maximum absolute atomic E-state index is 11.7. The highest BCUT2D eigenvalue weighted by Gasteiger charge is 2.10. The van der Waals surface area contributed by atoms with Gasteiger partial charge in [-0.1, -0.05) is 0 Å². The van der Waals surface area contributed by atoms with Crippen LogP contribution >= 0.6 is 0 Å². The van der Waals surface area contributed by atoms with Gasteiger partial charge >= 0.3 is 5.97 Å². The van der Waals surface area contributed by atoms with E-state index in [1.807, 2.05) is 19.1 Å². The second-order valence-electron chi connectivity index (χ2n) is 4.08. The number of carbonyl (C=O) groups excluding carboxylic acids is 1. The standard InChI is InChI=1S/C12H18N2O4/c1-9-3-4-10(18-9)8-14(2)11(15)7-13-6-5-12(16)17/h3-4,13H,5-8H2,1-2H3,(H,16,17). The molecule has 1 aromatic rings. The van der Waals surface area contributed by atoms with Crippen LogP contribution in [0.4, 0.5) is 0 Å². The summed E-state index contributed by atoms with van der Waals surface area (Å²) in [5.74, 6) is 0.558. The Bertz CT molecular complexity index is 414. The fraction of sp³-hybridized carbons (Fsp3) is 0.500. The maximum atomic E-state index is 11.7. The van der Waals surface area contributed by atoms with E-state index in [0.29, 0.717) is 6.54 Å². The average molecular weight is 254 g/mol. The Balaban J connectivity index is 2.26. The van der Waals surface area contributed by atoms with Gasteiger partial charge in [0, 0.05) is 13.6 Å². The summed E-state index contributed by atoms with van der Waals surface area (Å²) in [6, 6.07) is 3.68. The Labute approximate surface area is 106 Å². The van der Waals surface area contributed by atoms with Crippen molar-refractivity contribution < 1.29 is 19.1 Å². The van der Waals surface area contributed by atoms with E-state index < -0.39 is 5.97 Å². The van der Waals surface area contributed by atoms with Crippen LogP contribution in [0.2, 0.25) is 0 Å². The second-order valence-corrected chi connectivity index (χ2v) is 4.08. The van der Waals surface area contributed by atoms with Crippen LogP contribution in [0.3, 0.4) is 0 Å². The molecule has 2 N–H and O–H groups in total. The molecule has 0 saturated carbocycles. The summed E-state index contributed by atoms with van der Waals surface area (Å²) in [7, 11) is 1.68. The van der Waals surface area contributed by atoms with E-state index in [9.17, 15) is 9.59 Å². The van der Waals surface area contributed by atoms with Crippen LogP contribution in [0.1, 0.15) is 17.9 Å². The molecule has 100 valence electrons. The highest BCUT2D eigenvalue weighted by atomic mass is 16.4. The van der Waals surface area contributed by atoms with Crippen LogP contribution in [-0.2, 0) is 16.1 Å². The third-order valence-corrected chi connectivity index (χ3v) is 2.41. The Morgan fingerprint density at radius 2 is 2.17 bits per heavy atom. The molecule has 0 bridgehead atoms. The van der Waals surface area contributed by atoms with Gasteiger partial charge in [0.05, 0.1) is 19.5 Å². The lowest BCUT2D eigenvalue weighted by atomic mass is 10.4. The normalized spacial score (nSPS) is 10.3. The van der Waals surface area contributed by atoms with Crippen LogP contribution in [0.25, 0.3) is 0 Å². The minimum atomic E-state index is -0.880. The second kappa shape index (κ2) is 6.80. The lowest BCUT2D eigenvalue weighted by Crippen LogP contribution is -2.35. The van der Waals surface area contributed by atoms with E-state index in [2.05, 4.69) is 5.32 Å². The average Bonchev–Trinajstić information content (AvgIpc) is 2.69. The minimum Gasteiger partial charge on any atom is -0.481 e. The molecule has 0 unspecified atom stereocenters. The van der Waals surface area contributed by atoms with Gasteiger partial charge in [-0.3, -0.25) is 9.59 Å². The van der Waals surface area contributed by atoms with Gasteiger partial charge in [0.15, 0.2) is 0 Å². The zero-order valence-corrected chi connectivity index (χ0v) is 10.6. The minimum absolute atomic E-state index is 0.00831. The number of nitrogens with one attached hydrogen (secondary N) is 1. The summed E-state index contributed by atoms with van der Waals surface area (Å²) in [5, 5.41) is 11.2. The summed E-state index contributed by atoms with van der Waals surface area (Å²) >= 11 is 0. The van der Waals surface area contributed by atoms with Crippen molar-refractivity contribution in [1.29, 1.82) is 0 Å². The smallest absolute Gasteiger partial charge is 0.304 e. The van der Waals surface area contributed by atoms with Crippen molar-refractivity contribution in [3.05, 3.63) is 23.7 Å². The van der Waals surface area contributed by atoms with Gasteiger partial charge in [-0.15, -0.1) is 0 Å². The molecule has 1 heterocycles. The van der Waals surface area contributed by atoms with Gasteiger partial charge in [0.25, 0.3) is 0 Å². The molecule has 1 rings (SSSR count). The molecule has 0 saturated heterocycles.